The van der Waals surface area contributed by atoms with E-state index in [0.717, 1.165) is 66.7 Å². The lowest BCUT2D eigenvalue weighted by molar-refractivity contribution is 0.0371. The van der Waals surface area contributed by atoms with Gasteiger partial charge in [0.05, 0.1) is 55.5 Å². The number of benzene rings is 1. The smallest absolute Gasteiger partial charge is 0.176 e. The molecular formula is C24H33N5O3. The Bertz CT molecular complexity index is 992. The number of hydrogen-bond donors (Lipinski definition) is 1. The van der Waals surface area contributed by atoms with E-state index in [4.69, 9.17) is 19.6 Å². The molecule has 1 N–H and O–H groups in total. The van der Waals surface area contributed by atoms with Crippen molar-refractivity contribution >= 4 is 17.3 Å². The summed E-state index contributed by atoms with van der Waals surface area (Å²) in [4.78, 5) is 19.9. The topological polar surface area (TPSA) is 81.0 Å². The highest BCUT2D eigenvalue weighted by Gasteiger charge is 2.25. The van der Waals surface area contributed by atoms with Crippen molar-refractivity contribution in [2.24, 2.45) is 4.99 Å². The van der Waals surface area contributed by atoms with E-state index in [1.54, 1.807) is 0 Å². The van der Waals surface area contributed by atoms with E-state index in [0.29, 0.717) is 38.5 Å². The Kier molecular flexibility index (Phi) is 7.22. The monoisotopic (exact) mass is 439 g/mol. The number of carbonyl (C=O) groups is 1. The fourth-order valence-electron chi connectivity index (χ4n) is 4.22. The van der Waals surface area contributed by atoms with Crippen LogP contribution in [0.25, 0.3) is 0 Å². The molecule has 32 heavy (non-hydrogen) atoms. The van der Waals surface area contributed by atoms with Crippen LogP contribution < -0.4 is 10.1 Å². The third-order valence-electron chi connectivity index (χ3n) is 5.87. The Morgan fingerprint density at radius 3 is 2.75 bits per heavy atom. The first-order chi connectivity index (χ1) is 15.6. The number of nitrogens with zero attached hydrogens (tertiary/aromatic N) is 4. The van der Waals surface area contributed by atoms with E-state index >= 15 is 0 Å². The summed E-state index contributed by atoms with van der Waals surface area (Å²) in [5.74, 6) is 1.55. The van der Waals surface area contributed by atoms with Crippen LogP contribution in [0.5, 0.6) is 5.75 Å². The molecule has 0 amide bonds. The van der Waals surface area contributed by atoms with Gasteiger partial charge in [0.25, 0.3) is 0 Å². The predicted molar refractivity (Wildman–Crippen MR) is 125 cm³/mol. The molecule has 0 bridgehead atoms. The Morgan fingerprint density at radius 2 is 2.03 bits per heavy atom. The highest BCUT2D eigenvalue weighted by molar-refractivity contribution is 6.12. The van der Waals surface area contributed by atoms with E-state index in [2.05, 4.69) is 24.1 Å². The molecule has 0 aliphatic carbocycles. The molecule has 1 aromatic heterocycles. The van der Waals surface area contributed by atoms with Crippen LogP contribution in [0.15, 0.2) is 23.2 Å². The fraction of sp³-hybridized carbons (Fsp3) is 0.542. The summed E-state index contributed by atoms with van der Waals surface area (Å²) in [6, 6.07) is 5.64. The van der Waals surface area contributed by atoms with Crippen LogP contribution >= 0.6 is 0 Å². The lowest BCUT2D eigenvalue weighted by Crippen LogP contribution is -2.39. The molecule has 0 radical (unpaired) electrons. The van der Waals surface area contributed by atoms with Gasteiger partial charge in [-0.05, 0) is 38.5 Å². The molecule has 0 unspecified atom stereocenters. The average Bonchev–Trinajstić information content (AvgIpc) is 3.17. The minimum absolute atomic E-state index is 0.0961. The maximum atomic E-state index is 13.0. The lowest BCUT2D eigenvalue weighted by atomic mass is 10.0. The summed E-state index contributed by atoms with van der Waals surface area (Å²) in [7, 11) is 0. The van der Waals surface area contributed by atoms with Crippen LogP contribution in [0.2, 0.25) is 0 Å². The number of aryl methyl sites for hydroxylation is 2. The number of carbonyl (C=O) groups excluding carboxylic acids is 1. The van der Waals surface area contributed by atoms with Gasteiger partial charge in [-0.15, -0.1) is 0 Å². The number of rotatable bonds is 9. The quantitative estimate of drug-likeness (QED) is 0.605. The Morgan fingerprint density at radius 1 is 1.22 bits per heavy atom. The number of Topliss-reactive ketones (excluding diaryl/α,β-unsaturated/α-hetero) is 1. The highest BCUT2D eigenvalue weighted by atomic mass is 16.5. The number of ether oxygens (including phenoxy) is 2. The normalized spacial score (nSPS) is 16.3. The number of aromatic nitrogens is 2. The minimum Gasteiger partial charge on any atom is -0.493 e. The number of nitrogens with one attached hydrogen (secondary N) is 1. The van der Waals surface area contributed by atoms with Crippen LogP contribution in [0.4, 0.5) is 5.69 Å². The molecule has 1 fully saturated rings. The number of anilines is 1. The summed E-state index contributed by atoms with van der Waals surface area (Å²) in [6.45, 7) is 11.4. The summed E-state index contributed by atoms with van der Waals surface area (Å²) in [6.07, 6.45) is 1.93. The molecule has 2 aliphatic rings. The largest absolute Gasteiger partial charge is 0.493 e. The summed E-state index contributed by atoms with van der Waals surface area (Å²) in [5, 5.41) is 8.29. The van der Waals surface area contributed by atoms with Crippen molar-refractivity contribution < 1.29 is 14.3 Å². The third kappa shape index (κ3) is 4.71. The fourth-order valence-corrected chi connectivity index (χ4v) is 4.22. The summed E-state index contributed by atoms with van der Waals surface area (Å²) >= 11 is 0. The van der Waals surface area contributed by atoms with Crippen LogP contribution in [-0.2, 0) is 24.2 Å². The number of ketones is 1. The van der Waals surface area contributed by atoms with Crippen molar-refractivity contribution in [3.8, 4) is 5.75 Å². The van der Waals surface area contributed by atoms with Crippen molar-refractivity contribution in [1.82, 2.24) is 14.7 Å². The first kappa shape index (κ1) is 22.5. The second-order valence-electron chi connectivity index (χ2n) is 8.08. The van der Waals surface area contributed by atoms with E-state index in [-0.39, 0.29) is 5.78 Å². The molecule has 8 nitrogen and oxygen atoms in total. The molecular weight excluding hydrogens is 406 g/mol. The maximum Gasteiger partial charge on any atom is 0.176 e. The van der Waals surface area contributed by atoms with E-state index < -0.39 is 0 Å². The van der Waals surface area contributed by atoms with Gasteiger partial charge in [-0.25, -0.2) is 0 Å². The SMILES string of the molecule is CCCc1nn(CC)c2c1NC(c1cc(C(=O)CN3CCOCC3)ccc1OCC)=NC2. The first-order valence-corrected chi connectivity index (χ1v) is 11.6. The standard InChI is InChI=1S/C24H33N5O3/c1-4-7-19-23-20(29(5-2)27-19)15-25-24(26-23)18-14-17(8-9-22(18)32-6-3)21(30)16-28-10-12-31-13-11-28/h8-9,14H,4-7,10-13,15-16H2,1-3H3,(H,25,26). The molecule has 4 rings (SSSR count). The molecule has 1 saturated heterocycles. The number of morpholine rings is 1. The zero-order chi connectivity index (χ0) is 22.5. The third-order valence-corrected chi connectivity index (χ3v) is 5.87. The molecule has 8 heteroatoms. The molecule has 3 heterocycles. The number of hydrogen-bond acceptors (Lipinski definition) is 7. The van der Waals surface area contributed by atoms with Crippen LogP contribution in [0, 0.1) is 0 Å². The summed E-state index contributed by atoms with van der Waals surface area (Å²) < 4.78 is 13.3. The van der Waals surface area contributed by atoms with Crippen molar-refractivity contribution in [2.75, 3.05) is 44.8 Å². The molecule has 2 aliphatic heterocycles. The Balaban J connectivity index is 1.62. The molecule has 2 aromatic rings. The van der Waals surface area contributed by atoms with Crippen LogP contribution in [0.3, 0.4) is 0 Å². The zero-order valence-corrected chi connectivity index (χ0v) is 19.3. The number of amidine groups is 1. The Hall–Kier alpha value is -2.71. The van der Waals surface area contributed by atoms with Gasteiger partial charge >= 0.3 is 0 Å². The zero-order valence-electron chi connectivity index (χ0n) is 19.3. The van der Waals surface area contributed by atoms with Gasteiger partial charge in [-0.2, -0.15) is 5.10 Å². The predicted octanol–water partition coefficient (Wildman–Crippen LogP) is 3.14. The minimum atomic E-state index is 0.0961. The lowest BCUT2D eigenvalue weighted by Gasteiger charge is -2.26. The van der Waals surface area contributed by atoms with Gasteiger partial charge in [-0.1, -0.05) is 13.3 Å². The average molecular weight is 440 g/mol. The van der Waals surface area contributed by atoms with Crippen molar-refractivity contribution in [3.05, 3.63) is 40.7 Å². The number of aliphatic imine (C=N–C) groups is 1. The van der Waals surface area contributed by atoms with E-state index in [1.807, 2.05) is 29.8 Å². The molecule has 1 aromatic carbocycles. The summed E-state index contributed by atoms with van der Waals surface area (Å²) in [5.41, 5.74) is 4.71. The van der Waals surface area contributed by atoms with Gasteiger partial charge in [0.2, 0.25) is 0 Å². The van der Waals surface area contributed by atoms with Crippen LogP contribution in [-0.4, -0.2) is 65.8 Å². The van der Waals surface area contributed by atoms with Gasteiger partial charge < -0.3 is 14.8 Å². The van der Waals surface area contributed by atoms with Gasteiger partial charge in [0.15, 0.2) is 5.78 Å². The van der Waals surface area contributed by atoms with Gasteiger partial charge in [-0.3, -0.25) is 19.4 Å². The van der Waals surface area contributed by atoms with Gasteiger partial charge in [0, 0.05) is 25.2 Å². The second-order valence-corrected chi connectivity index (χ2v) is 8.08. The highest BCUT2D eigenvalue weighted by Crippen LogP contribution is 2.30. The van der Waals surface area contributed by atoms with Crippen molar-refractivity contribution in [3.63, 3.8) is 0 Å². The van der Waals surface area contributed by atoms with Crippen LogP contribution in [0.1, 0.15) is 54.5 Å². The Labute approximate surface area is 189 Å². The van der Waals surface area contributed by atoms with Gasteiger partial charge in [0.1, 0.15) is 11.6 Å². The number of fused-ring (bicyclic) bond motifs is 1. The maximum absolute atomic E-state index is 13.0. The molecule has 172 valence electrons. The van der Waals surface area contributed by atoms with E-state index in [9.17, 15) is 4.79 Å². The van der Waals surface area contributed by atoms with Crippen molar-refractivity contribution in [1.29, 1.82) is 0 Å². The first-order valence-electron chi connectivity index (χ1n) is 11.6. The molecule has 0 atom stereocenters. The molecule has 0 saturated carbocycles. The van der Waals surface area contributed by atoms with Crippen molar-refractivity contribution in [2.45, 2.75) is 46.7 Å². The molecule has 0 spiro atoms. The second kappa shape index (κ2) is 10.3. The van der Waals surface area contributed by atoms with E-state index in [1.165, 1.54) is 0 Å².